The largest absolute Gasteiger partial charge is 0.282 e. The minimum atomic E-state index is -0.209. The standard InChI is InChI=1S/C9H12N4S/c1-7-11-12-8(14-7)5-13(2)9(6-10)3-4-9/h3-5H2,1-2H3. The third kappa shape index (κ3) is 1.63. The second-order valence-electron chi connectivity index (χ2n) is 3.71. The van der Waals surface area contributed by atoms with Crippen molar-refractivity contribution in [3.05, 3.63) is 10.0 Å². The van der Waals surface area contributed by atoms with E-state index < -0.39 is 0 Å². The Hall–Kier alpha value is -0.990. The Kier molecular flexibility index (Phi) is 2.25. The number of hydrogen-bond acceptors (Lipinski definition) is 5. The predicted octanol–water partition coefficient (Wildman–Crippen LogP) is 1.33. The average molecular weight is 208 g/mol. The lowest BCUT2D eigenvalue weighted by Crippen LogP contribution is -2.31. The molecule has 5 heteroatoms. The monoisotopic (exact) mass is 208 g/mol. The number of aromatic nitrogens is 2. The van der Waals surface area contributed by atoms with Crippen LogP contribution in [0.5, 0.6) is 0 Å². The van der Waals surface area contributed by atoms with Crippen LogP contribution in [0.4, 0.5) is 0 Å². The molecule has 4 nitrogen and oxygen atoms in total. The number of rotatable bonds is 3. The Morgan fingerprint density at radius 3 is 2.71 bits per heavy atom. The Labute approximate surface area is 87.2 Å². The van der Waals surface area contributed by atoms with Crippen LogP contribution in [-0.4, -0.2) is 27.7 Å². The Morgan fingerprint density at radius 2 is 2.29 bits per heavy atom. The summed E-state index contributed by atoms with van der Waals surface area (Å²) in [6.07, 6.45) is 1.97. The highest BCUT2D eigenvalue weighted by atomic mass is 32.1. The van der Waals surface area contributed by atoms with Gasteiger partial charge in [-0.3, -0.25) is 4.90 Å². The van der Waals surface area contributed by atoms with Crippen LogP contribution in [0, 0.1) is 18.3 Å². The summed E-state index contributed by atoms with van der Waals surface area (Å²) in [5, 5.41) is 19.0. The summed E-state index contributed by atoms with van der Waals surface area (Å²) in [6.45, 7) is 2.68. The average Bonchev–Trinajstić information content (AvgIpc) is 2.87. The first-order valence-electron chi connectivity index (χ1n) is 4.58. The van der Waals surface area contributed by atoms with E-state index in [1.54, 1.807) is 11.3 Å². The zero-order chi connectivity index (χ0) is 10.2. The molecule has 0 saturated heterocycles. The molecule has 74 valence electrons. The van der Waals surface area contributed by atoms with Crippen LogP contribution in [0.1, 0.15) is 22.9 Å². The molecule has 0 unspecified atom stereocenters. The molecule has 2 rings (SSSR count). The molecule has 0 spiro atoms. The third-order valence-electron chi connectivity index (χ3n) is 2.60. The maximum Gasteiger partial charge on any atom is 0.131 e. The van der Waals surface area contributed by atoms with Crippen molar-refractivity contribution in [2.24, 2.45) is 0 Å². The van der Waals surface area contributed by atoms with Gasteiger partial charge in [0.15, 0.2) is 0 Å². The molecule has 0 atom stereocenters. The second-order valence-corrected chi connectivity index (χ2v) is 4.98. The lowest BCUT2D eigenvalue weighted by atomic mass is 10.3. The van der Waals surface area contributed by atoms with E-state index in [4.69, 9.17) is 5.26 Å². The number of hydrogen-bond donors (Lipinski definition) is 0. The number of nitriles is 1. The van der Waals surface area contributed by atoms with Crippen molar-refractivity contribution < 1.29 is 0 Å². The molecule has 1 saturated carbocycles. The molecule has 1 aliphatic rings. The molecule has 1 aliphatic carbocycles. The summed E-state index contributed by atoms with van der Waals surface area (Å²) in [7, 11) is 1.98. The normalized spacial score (nSPS) is 18.1. The van der Waals surface area contributed by atoms with E-state index in [1.807, 2.05) is 14.0 Å². The molecule has 0 bridgehead atoms. The summed E-state index contributed by atoms with van der Waals surface area (Å²) in [4.78, 5) is 2.08. The molecule has 1 fully saturated rings. The molecule has 0 radical (unpaired) electrons. The smallest absolute Gasteiger partial charge is 0.131 e. The Bertz CT molecular complexity index is 374. The molecule has 0 N–H and O–H groups in total. The zero-order valence-electron chi connectivity index (χ0n) is 8.32. The van der Waals surface area contributed by atoms with Crippen molar-refractivity contribution >= 4 is 11.3 Å². The highest BCUT2D eigenvalue weighted by molar-refractivity contribution is 7.11. The molecule has 0 aliphatic heterocycles. The molecule has 14 heavy (non-hydrogen) atoms. The fraction of sp³-hybridized carbons (Fsp3) is 0.667. The number of nitrogens with zero attached hydrogens (tertiary/aromatic N) is 4. The molecule has 0 amide bonds. The van der Waals surface area contributed by atoms with Gasteiger partial charge in [-0.05, 0) is 26.8 Å². The van der Waals surface area contributed by atoms with Crippen LogP contribution in [-0.2, 0) is 6.54 Å². The van der Waals surface area contributed by atoms with Gasteiger partial charge >= 0.3 is 0 Å². The molecule has 1 aromatic rings. The first kappa shape index (κ1) is 9.56. The van der Waals surface area contributed by atoms with E-state index in [0.29, 0.717) is 0 Å². The van der Waals surface area contributed by atoms with Crippen LogP contribution in [0.25, 0.3) is 0 Å². The molecule has 0 aromatic carbocycles. The summed E-state index contributed by atoms with van der Waals surface area (Å²) in [5.74, 6) is 0. The SMILES string of the molecule is Cc1nnc(CN(C)C2(C#N)CC2)s1. The van der Waals surface area contributed by atoms with E-state index in [2.05, 4.69) is 21.2 Å². The van der Waals surface area contributed by atoms with Crippen molar-refractivity contribution in [2.75, 3.05) is 7.05 Å². The van der Waals surface area contributed by atoms with E-state index >= 15 is 0 Å². The summed E-state index contributed by atoms with van der Waals surface area (Å²) >= 11 is 1.60. The van der Waals surface area contributed by atoms with Gasteiger partial charge < -0.3 is 0 Å². The van der Waals surface area contributed by atoms with Crippen molar-refractivity contribution in [3.63, 3.8) is 0 Å². The van der Waals surface area contributed by atoms with Crippen LogP contribution in [0.2, 0.25) is 0 Å². The van der Waals surface area contributed by atoms with Crippen molar-refractivity contribution in [2.45, 2.75) is 31.8 Å². The third-order valence-corrected chi connectivity index (χ3v) is 3.43. The van der Waals surface area contributed by atoms with E-state index in [1.165, 1.54) is 0 Å². The zero-order valence-corrected chi connectivity index (χ0v) is 9.13. The predicted molar refractivity (Wildman–Crippen MR) is 53.7 cm³/mol. The molecule has 1 heterocycles. The maximum absolute atomic E-state index is 8.99. The van der Waals surface area contributed by atoms with Crippen LogP contribution >= 0.6 is 11.3 Å². The van der Waals surface area contributed by atoms with E-state index in [9.17, 15) is 0 Å². The minimum absolute atomic E-state index is 0.209. The van der Waals surface area contributed by atoms with Crippen molar-refractivity contribution in [1.29, 1.82) is 5.26 Å². The van der Waals surface area contributed by atoms with E-state index in [0.717, 1.165) is 29.4 Å². The molecular formula is C9H12N4S. The Morgan fingerprint density at radius 1 is 1.57 bits per heavy atom. The second kappa shape index (κ2) is 3.30. The van der Waals surface area contributed by atoms with Gasteiger partial charge in [-0.2, -0.15) is 5.26 Å². The lowest BCUT2D eigenvalue weighted by Gasteiger charge is -2.19. The van der Waals surface area contributed by atoms with Gasteiger partial charge in [-0.1, -0.05) is 0 Å². The van der Waals surface area contributed by atoms with Crippen LogP contribution in [0.15, 0.2) is 0 Å². The minimum Gasteiger partial charge on any atom is -0.282 e. The fourth-order valence-corrected chi connectivity index (χ4v) is 2.22. The molecule has 1 aromatic heterocycles. The van der Waals surface area contributed by atoms with Gasteiger partial charge in [0.2, 0.25) is 0 Å². The summed E-state index contributed by atoms with van der Waals surface area (Å²) in [5.41, 5.74) is -0.209. The maximum atomic E-state index is 8.99. The first-order chi connectivity index (χ1) is 6.66. The van der Waals surface area contributed by atoms with Gasteiger partial charge in [0.1, 0.15) is 15.6 Å². The Balaban J connectivity index is 2.02. The van der Waals surface area contributed by atoms with Gasteiger partial charge in [-0.25, -0.2) is 0 Å². The first-order valence-corrected chi connectivity index (χ1v) is 5.39. The number of aryl methyl sites for hydroxylation is 1. The van der Waals surface area contributed by atoms with E-state index in [-0.39, 0.29) is 5.54 Å². The summed E-state index contributed by atoms with van der Waals surface area (Å²) in [6, 6.07) is 2.36. The van der Waals surface area contributed by atoms with Gasteiger partial charge in [0.25, 0.3) is 0 Å². The highest BCUT2D eigenvalue weighted by Crippen LogP contribution is 2.40. The van der Waals surface area contributed by atoms with Crippen LogP contribution in [0.3, 0.4) is 0 Å². The van der Waals surface area contributed by atoms with Gasteiger partial charge in [-0.15, -0.1) is 21.5 Å². The highest BCUT2D eigenvalue weighted by Gasteiger charge is 2.47. The van der Waals surface area contributed by atoms with Gasteiger partial charge in [0, 0.05) is 0 Å². The fourth-order valence-electron chi connectivity index (χ4n) is 1.45. The van der Waals surface area contributed by atoms with Crippen molar-refractivity contribution in [3.8, 4) is 6.07 Å². The van der Waals surface area contributed by atoms with Gasteiger partial charge in [0.05, 0.1) is 12.6 Å². The molecular weight excluding hydrogens is 196 g/mol. The van der Waals surface area contributed by atoms with Crippen molar-refractivity contribution in [1.82, 2.24) is 15.1 Å². The lowest BCUT2D eigenvalue weighted by molar-refractivity contribution is 0.261. The van der Waals surface area contributed by atoms with Crippen LogP contribution < -0.4 is 0 Å². The topological polar surface area (TPSA) is 52.8 Å². The quantitative estimate of drug-likeness (QED) is 0.752. The summed E-state index contributed by atoms with van der Waals surface area (Å²) < 4.78 is 0.